The number of nitrogens with one attached hydrogen (secondary N) is 1. The molecule has 0 spiro atoms. The van der Waals surface area contributed by atoms with Gasteiger partial charge in [0.2, 0.25) is 0 Å². The number of ether oxygens (including phenoxy) is 1. The Hall–Kier alpha value is -0.670. The fourth-order valence-electron chi connectivity index (χ4n) is 1.32. The van der Waals surface area contributed by atoms with Crippen LogP contribution in [0.15, 0.2) is 29.2 Å². The van der Waals surface area contributed by atoms with Gasteiger partial charge in [0, 0.05) is 18.0 Å². The first-order valence-corrected chi connectivity index (χ1v) is 5.97. The van der Waals surface area contributed by atoms with Gasteiger partial charge in [-0.25, -0.2) is 0 Å². The van der Waals surface area contributed by atoms with E-state index in [1.54, 1.807) is 0 Å². The summed E-state index contributed by atoms with van der Waals surface area (Å²) in [5, 5.41) is 3.18. The molecule has 1 aromatic carbocycles. The number of hydrogen-bond donors (Lipinski definition) is 1. The highest BCUT2D eigenvalue weighted by atomic mass is 32.2. The van der Waals surface area contributed by atoms with Gasteiger partial charge < -0.3 is 10.1 Å². The molecule has 1 N–H and O–H groups in total. The average Bonchev–Trinajstić information content (AvgIpc) is 2.14. The molecule has 1 heterocycles. The van der Waals surface area contributed by atoms with Crippen molar-refractivity contribution in [2.45, 2.75) is 17.9 Å². The third-order valence-corrected chi connectivity index (χ3v) is 3.08. The lowest BCUT2D eigenvalue weighted by Crippen LogP contribution is -2.50. The van der Waals surface area contributed by atoms with Crippen LogP contribution in [0.25, 0.3) is 0 Å². The van der Waals surface area contributed by atoms with Gasteiger partial charge in [0.1, 0.15) is 11.9 Å². The summed E-state index contributed by atoms with van der Waals surface area (Å²) in [5.74, 6) is 2.10. The van der Waals surface area contributed by atoms with Crippen molar-refractivity contribution in [1.82, 2.24) is 5.32 Å². The van der Waals surface area contributed by atoms with Crippen molar-refractivity contribution in [2.75, 3.05) is 18.8 Å². The monoisotopic (exact) mass is 209 g/mol. The molecule has 2 nitrogen and oxygen atoms in total. The molecule has 1 saturated heterocycles. The topological polar surface area (TPSA) is 21.3 Å². The Labute approximate surface area is 89.0 Å². The molecule has 0 bridgehead atoms. The summed E-state index contributed by atoms with van der Waals surface area (Å²) in [4.78, 5) is 1.31. The highest BCUT2D eigenvalue weighted by Crippen LogP contribution is 2.21. The molecular formula is C11H15NOS. The Bertz CT molecular complexity index is 282. The van der Waals surface area contributed by atoms with Crippen molar-refractivity contribution in [1.29, 1.82) is 0 Å². The molecule has 1 aliphatic heterocycles. The van der Waals surface area contributed by atoms with Gasteiger partial charge in [0.25, 0.3) is 0 Å². The first-order chi connectivity index (χ1) is 6.88. The Morgan fingerprint density at radius 1 is 1.36 bits per heavy atom. The molecular weight excluding hydrogens is 194 g/mol. The van der Waals surface area contributed by atoms with Crippen molar-refractivity contribution < 1.29 is 4.74 Å². The Morgan fingerprint density at radius 2 is 2.07 bits per heavy atom. The molecule has 76 valence electrons. The van der Waals surface area contributed by atoms with Crippen molar-refractivity contribution >= 4 is 11.8 Å². The van der Waals surface area contributed by atoms with E-state index in [0.29, 0.717) is 6.10 Å². The van der Waals surface area contributed by atoms with Crippen LogP contribution in [0.2, 0.25) is 0 Å². The number of thioether (sulfide) groups is 1. The third-order valence-electron chi connectivity index (χ3n) is 2.18. The molecule has 1 aliphatic rings. The summed E-state index contributed by atoms with van der Waals surface area (Å²) >= 11 is 1.85. The molecule has 3 heteroatoms. The minimum absolute atomic E-state index is 0.375. The summed E-state index contributed by atoms with van der Waals surface area (Å²) in [6.45, 7) is 4.12. The van der Waals surface area contributed by atoms with Crippen LogP contribution in [0.5, 0.6) is 5.75 Å². The van der Waals surface area contributed by atoms with Crippen LogP contribution in [0.4, 0.5) is 0 Å². The molecule has 1 aromatic rings. The van der Waals surface area contributed by atoms with E-state index >= 15 is 0 Å². The van der Waals surface area contributed by atoms with Gasteiger partial charge in [0.15, 0.2) is 0 Å². The second kappa shape index (κ2) is 4.71. The largest absolute Gasteiger partial charge is 0.488 e. The normalized spacial score (nSPS) is 16.4. The van der Waals surface area contributed by atoms with E-state index < -0.39 is 0 Å². The standard InChI is InChI=1S/C11H15NOS/c1-2-14-11-5-3-9(4-6-11)13-10-7-12-8-10/h3-6,10,12H,2,7-8H2,1H3. The second-order valence-electron chi connectivity index (χ2n) is 3.30. The van der Waals surface area contributed by atoms with Gasteiger partial charge in [-0.1, -0.05) is 6.92 Å². The van der Waals surface area contributed by atoms with E-state index in [-0.39, 0.29) is 0 Å². The summed E-state index contributed by atoms with van der Waals surface area (Å²) < 4.78 is 5.71. The molecule has 0 radical (unpaired) electrons. The molecule has 0 amide bonds. The van der Waals surface area contributed by atoms with Crippen molar-refractivity contribution in [3.63, 3.8) is 0 Å². The maximum Gasteiger partial charge on any atom is 0.123 e. The minimum atomic E-state index is 0.375. The molecule has 14 heavy (non-hydrogen) atoms. The van der Waals surface area contributed by atoms with E-state index in [1.807, 2.05) is 11.8 Å². The van der Waals surface area contributed by atoms with Crippen molar-refractivity contribution in [3.05, 3.63) is 24.3 Å². The van der Waals surface area contributed by atoms with Gasteiger partial charge in [-0.3, -0.25) is 0 Å². The highest BCUT2D eigenvalue weighted by Gasteiger charge is 2.17. The number of benzene rings is 1. The summed E-state index contributed by atoms with van der Waals surface area (Å²) in [7, 11) is 0. The van der Waals surface area contributed by atoms with E-state index in [4.69, 9.17) is 4.74 Å². The minimum Gasteiger partial charge on any atom is -0.488 e. The Balaban J connectivity index is 1.91. The molecule has 0 aliphatic carbocycles. The zero-order valence-electron chi connectivity index (χ0n) is 8.32. The summed E-state index contributed by atoms with van der Waals surface area (Å²) in [5.41, 5.74) is 0. The second-order valence-corrected chi connectivity index (χ2v) is 4.64. The van der Waals surface area contributed by atoms with Gasteiger partial charge in [0.05, 0.1) is 0 Å². The molecule has 0 aromatic heterocycles. The molecule has 0 unspecified atom stereocenters. The zero-order chi connectivity index (χ0) is 9.80. The lowest BCUT2D eigenvalue weighted by molar-refractivity contribution is 0.142. The van der Waals surface area contributed by atoms with Gasteiger partial charge >= 0.3 is 0 Å². The van der Waals surface area contributed by atoms with E-state index in [2.05, 4.69) is 36.5 Å². The lowest BCUT2D eigenvalue weighted by atomic mass is 10.2. The van der Waals surface area contributed by atoms with Crippen LogP contribution >= 0.6 is 11.8 Å². The van der Waals surface area contributed by atoms with Crippen molar-refractivity contribution in [3.8, 4) is 5.75 Å². The highest BCUT2D eigenvalue weighted by molar-refractivity contribution is 7.99. The van der Waals surface area contributed by atoms with Crippen LogP contribution in [0, 0.1) is 0 Å². The Kier molecular flexibility index (Phi) is 3.32. The molecule has 1 fully saturated rings. The average molecular weight is 209 g/mol. The van der Waals surface area contributed by atoms with Crippen LogP contribution < -0.4 is 10.1 Å². The van der Waals surface area contributed by atoms with Crippen LogP contribution in [0.3, 0.4) is 0 Å². The summed E-state index contributed by atoms with van der Waals surface area (Å²) in [6, 6.07) is 8.35. The van der Waals surface area contributed by atoms with Crippen molar-refractivity contribution in [2.24, 2.45) is 0 Å². The van der Waals surface area contributed by atoms with E-state index in [9.17, 15) is 0 Å². The van der Waals surface area contributed by atoms with E-state index in [0.717, 1.165) is 24.6 Å². The predicted molar refractivity (Wildman–Crippen MR) is 60.1 cm³/mol. The smallest absolute Gasteiger partial charge is 0.123 e. The fraction of sp³-hybridized carbons (Fsp3) is 0.455. The molecule has 2 rings (SSSR count). The van der Waals surface area contributed by atoms with Gasteiger partial charge in [-0.15, -0.1) is 11.8 Å². The van der Waals surface area contributed by atoms with Crippen LogP contribution in [-0.2, 0) is 0 Å². The quantitative estimate of drug-likeness (QED) is 0.768. The first-order valence-electron chi connectivity index (χ1n) is 4.98. The SMILES string of the molecule is CCSc1ccc(OC2CNC2)cc1. The molecule has 0 saturated carbocycles. The Morgan fingerprint density at radius 3 is 2.57 bits per heavy atom. The zero-order valence-corrected chi connectivity index (χ0v) is 9.14. The lowest BCUT2D eigenvalue weighted by Gasteiger charge is -2.27. The maximum atomic E-state index is 5.71. The fourth-order valence-corrected chi connectivity index (χ4v) is 1.98. The third kappa shape index (κ3) is 2.42. The van der Waals surface area contributed by atoms with Crippen LogP contribution in [0.1, 0.15) is 6.92 Å². The first kappa shape index (κ1) is 9.87. The summed E-state index contributed by atoms with van der Waals surface area (Å²) in [6.07, 6.45) is 0.375. The molecule has 0 atom stereocenters. The number of hydrogen-bond acceptors (Lipinski definition) is 3. The van der Waals surface area contributed by atoms with Gasteiger partial charge in [-0.05, 0) is 30.0 Å². The predicted octanol–water partition coefficient (Wildman–Crippen LogP) is 2.15. The maximum absolute atomic E-state index is 5.71. The van der Waals surface area contributed by atoms with E-state index in [1.165, 1.54) is 4.90 Å². The van der Waals surface area contributed by atoms with Crippen LogP contribution in [-0.4, -0.2) is 24.9 Å². The van der Waals surface area contributed by atoms with Gasteiger partial charge in [-0.2, -0.15) is 0 Å². The number of rotatable bonds is 4.